The molecule has 0 fully saturated rings. The number of carboxylic acid groups (broad SMARTS) is 1. The van der Waals surface area contributed by atoms with E-state index in [9.17, 15) is 4.79 Å². The summed E-state index contributed by atoms with van der Waals surface area (Å²) < 4.78 is 4.93. The predicted molar refractivity (Wildman–Crippen MR) is 71.8 cm³/mol. The lowest BCUT2D eigenvalue weighted by Crippen LogP contribution is -2.21. The number of carbonyl (C=O) groups is 1. The van der Waals surface area contributed by atoms with Gasteiger partial charge in [0.25, 0.3) is 0 Å². The number of aliphatic carboxylic acids is 1. The summed E-state index contributed by atoms with van der Waals surface area (Å²) in [6.07, 6.45) is 0.508. The van der Waals surface area contributed by atoms with Gasteiger partial charge in [0.15, 0.2) is 0 Å². The molecule has 0 saturated carbocycles. The molecule has 0 bridgehead atoms. The Morgan fingerprint density at radius 3 is 2.22 bits per heavy atom. The number of hydrogen-bond acceptors (Lipinski definition) is 2. The zero-order valence-electron chi connectivity index (χ0n) is 11.6. The molecule has 18 heavy (non-hydrogen) atoms. The number of carboxylic acids is 1. The molecule has 3 nitrogen and oxygen atoms in total. The minimum absolute atomic E-state index is 0.122. The first-order chi connectivity index (χ1) is 8.34. The number of hydrogen-bond donors (Lipinski definition) is 1. The van der Waals surface area contributed by atoms with Crippen LogP contribution in [0.1, 0.15) is 31.9 Å². The van der Waals surface area contributed by atoms with Crippen molar-refractivity contribution in [1.82, 2.24) is 0 Å². The second-order valence-corrected chi connectivity index (χ2v) is 5.64. The first-order valence-corrected chi connectivity index (χ1v) is 6.15. The van der Waals surface area contributed by atoms with Crippen molar-refractivity contribution < 1.29 is 14.6 Å². The van der Waals surface area contributed by atoms with Gasteiger partial charge in [-0.05, 0) is 23.0 Å². The van der Waals surface area contributed by atoms with Gasteiger partial charge in [0.05, 0.1) is 12.5 Å². The molecule has 1 rings (SSSR count). The number of benzene rings is 1. The fourth-order valence-corrected chi connectivity index (χ4v) is 1.84. The highest BCUT2D eigenvalue weighted by molar-refractivity contribution is 5.70. The maximum Gasteiger partial charge on any atom is 0.309 e. The van der Waals surface area contributed by atoms with Crippen molar-refractivity contribution >= 4 is 5.97 Å². The minimum atomic E-state index is -0.809. The van der Waals surface area contributed by atoms with Crippen molar-refractivity contribution in [2.45, 2.75) is 32.6 Å². The van der Waals surface area contributed by atoms with Crippen LogP contribution >= 0.6 is 0 Å². The van der Waals surface area contributed by atoms with Crippen LogP contribution < -0.4 is 0 Å². The van der Waals surface area contributed by atoms with E-state index in [1.54, 1.807) is 0 Å². The summed E-state index contributed by atoms with van der Waals surface area (Å²) in [6.45, 7) is 6.73. The molecule has 0 aliphatic carbocycles. The number of rotatable bonds is 5. The van der Waals surface area contributed by atoms with Crippen LogP contribution in [0.25, 0.3) is 0 Å². The van der Waals surface area contributed by atoms with Crippen LogP contribution in [0.2, 0.25) is 0 Å². The van der Waals surface area contributed by atoms with Gasteiger partial charge in [0.1, 0.15) is 0 Å². The molecule has 0 spiro atoms. The van der Waals surface area contributed by atoms with E-state index in [2.05, 4.69) is 32.9 Å². The summed E-state index contributed by atoms with van der Waals surface area (Å²) >= 11 is 0. The van der Waals surface area contributed by atoms with Crippen molar-refractivity contribution in [2.24, 2.45) is 5.92 Å². The molecule has 1 unspecified atom stereocenters. The number of ether oxygens (including phenoxy) is 1. The maximum atomic E-state index is 11.0. The fourth-order valence-electron chi connectivity index (χ4n) is 1.84. The van der Waals surface area contributed by atoms with Crippen LogP contribution in [0.4, 0.5) is 0 Å². The molecule has 0 aliphatic heterocycles. The zero-order chi connectivity index (χ0) is 13.8. The summed E-state index contributed by atoms with van der Waals surface area (Å²) in [5.41, 5.74) is 2.41. The molecule has 0 heterocycles. The molecule has 1 aromatic carbocycles. The second kappa shape index (κ2) is 6.01. The number of methoxy groups -OCH3 is 1. The Morgan fingerprint density at radius 1 is 1.28 bits per heavy atom. The van der Waals surface area contributed by atoms with Crippen molar-refractivity contribution in [3.63, 3.8) is 0 Å². The van der Waals surface area contributed by atoms with Gasteiger partial charge in [-0.3, -0.25) is 4.79 Å². The van der Waals surface area contributed by atoms with Gasteiger partial charge in [-0.2, -0.15) is 0 Å². The molecule has 0 aliphatic rings. The Labute approximate surface area is 109 Å². The van der Waals surface area contributed by atoms with Crippen LogP contribution in [-0.2, 0) is 21.4 Å². The predicted octanol–water partition coefficient (Wildman–Crippen LogP) is 2.87. The Bertz CT molecular complexity index is 387. The zero-order valence-corrected chi connectivity index (χ0v) is 11.6. The smallest absolute Gasteiger partial charge is 0.309 e. The molecule has 3 heteroatoms. The van der Waals surface area contributed by atoms with E-state index in [-0.39, 0.29) is 12.0 Å². The van der Waals surface area contributed by atoms with Crippen molar-refractivity contribution in [3.05, 3.63) is 35.4 Å². The fraction of sp³-hybridized carbons (Fsp3) is 0.533. The van der Waals surface area contributed by atoms with Crippen LogP contribution in [0.15, 0.2) is 24.3 Å². The molecule has 1 N–H and O–H groups in total. The highest BCUT2D eigenvalue weighted by Gasteiger charge is 2.18. The van der Waals surface area contributed by atoms with E-state index in [4.69, 9.17) is 9.84 Å². The van der Waals surface area contributed by atoms with Gasteiger partial charge in [-0.15, -0.1) is 0 Å². The van der Waals surface area contributed by atoms with Gasteiger partial charge >= 0.3 is 5.97 Å². The Kier molecular flexibility index (Phi) is 4.91. The van der Waals surface area contributed by atoms with E-state index < -0.39 is 11.9 Å². The third-order valence-electron chi connectivity index (χ3n) is 3.02. The Balaban J connectivity index is 2.76. The van der Waals surface area contributed by atoms with Gasteiger partial charge < -0.3 is 9.84 Å². The highest BCUT2D eigenvalue weighted by Crippen LogP contribution is 2.23. The van der Waals surface area contributed by atoms with Crippen molar-refractivity contribution in [3.8, 4) is 0 Å². The van der Waals surface area contributed by atoms with Crippen LogP contribution in [0, 0.1) is 5.92 Å². The van der Waals surface area contributed by atoms with E-state index in [0.717, 1.165) is 5.56 Å². The lowest BCUT2D eigenvalue weighted by molar-refractivity contribution is -0.143. The first kappa shape index (κ1) is 14.7. The van der Waals surface area contributed by atoms with Crippen LogP contribution in [0.5, 0.6) is 0 Å². The average molecular weight is 250 g/mol. The van der Waals surface area contributed by atoms with Crippen LogP contribution in [-0.4, -0.2) is 24.8 Å². The first-order valence-electron chi connectivity index (χ1n) is 6.15. The Hall–Kier alpha value is -1.35. The highest BCUT2D eigenvalue weighted by atomic mass is 16.5. The monoisotopic (exact) mass is 250 g/mol. The molecule has 0 radical (unpaired) electrons. The third kappa shape index (κ3) is 4.15. The molecular weight excluding hydrogens is 228 g/mol. The third-order valence-corrected chi connectivity index (χ3v) is 3.02. The van der Waals surface area contributed by atoms with E-state index in [1.807, 2.05) is 12.1 Å². The van der Waals surface area contributed by atoms with Gasteiger partial charge in [-0.1, -0.05) is 45.0 Å². The molecule has 0 amide bonds. The summed E-state index contributed by atoms with van der Waals surface area (Å²) in [5.74, 6) is -1.28. The largest absolute Gasteiger partial charge is 0.481 e. The maximum absolute atomic E-state index is 11.0. The van der Waals surface area contributed by atoms with Gasteiger partial charge in [0.2, 0.25) is 0 Å². The Morgan fingerprint density at radius 2 is 1.83 bits per heavy atom. The minimum Gasteiger partial charge on any atom is -0.481 e. The van der Waals surface area contributed by atoms with E-state index >= 15 is 0 Å². The molecule has 1 atom stereocenters. The summed E-state index contributed by atoms with van der Waals surface area (Å²) in [7, 11) is 1.53. The molecule has 0 aromatic heterocycles. The molecular formula is C15H22O3. The van der Waals surface area contributed by atoms with Crippen molar-refractivity contribution in [2.75, 3.05) is 13.7 Å². The van der Waals surface area contributed by atoms with Crippen molar-refractivity contribution in [1.29, 1.82) is 0 Å². The van der Waals surface area contributed by atoms with E-state index in [1.165, 1.54) is 12.7 Å². The average Bonchev–Trinajstić information content (AvgIpc) is 2.28. The lowest BCUT2D eigenvalue weighted by Gasteiger charge is -2.19. The second-order valence-electron chi connectivity index (χ2n) is 5.64. The summed E-state index contributed by atoms with van der Waals surface area (Å²) in [5, 5.41) is 9.07. The quantitative estimate of drug-likeness (QED) is 0.874. The lowest BCUT2D eigenvalue weighted by atomic mass is 9.86. The summed E-state index contributed by atoms with van der Waals surface area (Å²) in [6, 6.07) is 8.15. The van der Waals surface area contributed by atoms with Gasteiger partial charge in [-0.25, -0.2) is 0 Å². The van der Waals surface area contributed by atoms with Gasteiger partial charge in [0, 0.05) is 7.11 Å². The van der Waals surface area contributed by atoms with Crippen LogP contribution in [0.3, 0.4) is 0 Å². The molecule has 0 saturated heterocycles. The molecule has 1 aromatic rings. The SMILES string of the molecule is COCC(Cc1ccc(C(C)(C)C)cc1)C(=O)O. The topological polar surface area (TPSA) is 46.5 Å². The normalized spacial score (nSPS) is 13.3. The molecule has 100 valence electrons. The standard InChI is InChI=1S/C15H22O3/c1-15(2,3)13-7-5-11(6-8-13)9-12(10-18-4)14(16)17/h5-8,12H,9-10H2,1-4H3,(H,16,17). The van der Waals surface area contributed by atoms with E-state index in [0.29, 0.717) is 6.42 Å². The summed E-state index contributed by atoms with van der Waals surface area (Å²) in [4.78, 5) is 11.0.